The third-order valence-electron chi connectivity index (χ3n) is 4.59. The van der Waals surface area contributed by atoms with Gasteiger partial charge in [0.2, 0.25) is 5.91 Å². The zero-order valence-corrected chi connectivity index (χ0v) is 15.7. The second-order valence-electron chi connectivity index (χ2n) is 7.67. The Morgan fingerprint density at radius 1 is 1.13 bits per heavy atom. The lowest BCUT2D eigenvalue weighted by molar-refractivity contribution is -0.121. The molecule has 0 spiro atoms. The Morgan fingerprint density at radius 2 is 1.78 bits per heavy atom. The lowest BCUT2D eigenvalue weighted by Gasteiger charge is -2.19. The molecule has 0 aliphatic rings. The molecule has 0 saturated heterocycles. The normalized spacial score (nSPS) is 12.9. The summed E-state index contributed by atoms with van der Waals surface area (Å²) in [6.07, 6.45) is 6.26. The van der Waals surface area contributed by atoms with E-state index in [1.165, 1.54) is 30.4 Å². The summed E-state index contributed by atoms with van der Waals surface area (Å²) in [5, 5.41) is 3.11. The van der Waals surface area contributed by atoms with Crippen LogP contribution >= 0.6 is 0 Å². The summed E-state index contributed by atoms with van der Waals surface area (Å²) in [6, 6.07) is 8.68. The van der Waals surface area contributed by atoms with Crippen molar-refractivity contribution in [2.75, 3.05) is 6.54 Å². The standard InChI is InChI=1S/C21H35NO/c1-6-8-9-17(7-2)16-22-20(23)15-12-18-10-13-19(14-11-18)21(3,4)5/h10-11,13-14,17H,6-9,12,15-16H2,1-5H3,(H,22,23)/t17-/m0/s1. The molecule has 1 aromatic rings. The van der Waals surface area contributed by atoms with Crippen molar-refractivity contribution in [1.82, 2.24) is 5.32 Å². The second kappa shape index (κ2) is 9.75. The Labute approximate surface area is 143 Å². The molecule has 0 aliphatic heterocycles. The maximum absolute atomic E-state index is 12.0. The average molecular weight is 318 g/mol. The fraction of sp³-hybridized carbons (Fsp3) is 0.667. The lowest BCUT2D eigenvalue weighted by Crippen LogP contribution is -2.29. The predicted molar refractivity (Wildman–Crippen MR) is 99.8 cm³/mol. The minimum atomic E-state index is 0.180. The molecule has 0 heterocycles. The third kappa shape index (κ3) is 7.67. The molecule has 0 fully saturated rings. The molecule has 1 aromatic carbocycles. The summed E-state index contributed by atoms with van der Waals surface area (Å²) < 4.78 is 0. The Hall–Kier alpha value is -1.31. The van der Waals surface area contributed by atoms with Gasteiger partial charge < -0.3 is 5.32 Å². The van der Waals surface area contributed by atoms with E-state index in [1.807, 2.05) is 0 Å². The Morgan fingerprint density at radius 3 is 2.30 bits per heavy atom. The topological polar surface area (TPSA) is 29.1 Å². The van der Waals surface area contributed by atoms with Gasteiger partial charge in [-0.05, 0) is 35.3 Å². The number of benzene rings is 1. The molecule has 1 atom stereocenters. The van der Waals surface area contributed by atoms with Crippen LogP contribution in [-0.4, -0.2) is 12.5 Å². The van der Waals surface area contributed by atoms with Crippen molar-refractivity contribution in [3.8, 4) is 0 Å². The van der Waals surface area contributed by atoms with E-state index >= 15 is 0 Å². The largest absolute Gasteiger partial charge is 0.356 e. The molecule has 130 valence electrons. The molecule has 1 amide bonds. The molecule has 1 N–H and O–H groups in total. The second-order valence-corrected chi connectivity index (χ2v) is 7.67. The van der Waals surface area contributed by atoms with Gasteiger partial charge in [-0.3, -0.25) is 4.79 Å². The van der Waals surface area contributed by atoms with E-state index in [9.17, 15) is 4.79 Å². The first-order valence-corrected chi connectivity index (χ1v) is 9.23. The first-order valence-electron chi connectivity index (χ1n) is 9.23. The van der Waals surface area contributed by atoms with Gasteiger partial charge in [0.15, 0.2) is 0 Å². The van der Waals surface area contributed by atoms with Crippen LogP contribution in [0.1, 0.15) is 77.8 Å². The Bertz CT molecular complexity index is 456. The number of amides is 1. The first kappa shape index (κ1) is 19.7. The summed E-state index contributed by atoms with van der Waals surface area (Å²) in [5.74, 6) is 0.810. The molecule has 0 aliphatic carbocycles. The fourth-order valence-electron chi connectivity index (χ4n) is 2.72. The lowest BCUT2D eigenvalue weighted by atomic mass is 9.86. The van der Waals surface area contributed by atoms with E-state index < -0.39 is 0 Å². The summed E-state index contributed by atoms with van der Waals surface area (Å²) >= 11 is 0. The van der Waals surface area contributed by atoms with E-state index in [1.54, 1.807) is 0 Å². The van der Waals surface area contributed by atoms with Gasteiger partial charge in [-0.2, -0.15) is 0 Å². The summed E-state index contributed by atoms with van der Waals surface area (Å²) in [7, 11) is 0. The highest BCUT2D eigenvalue weighted by Crippen LogP contribution is 2.22. The summed E-state index contributed by atoms with van der Waals surface area (Å²) in [5.41, 5.74) is 2.77. The number of nitrogens with one attached hydrogen (secondary N) is 1. The van der Waals surface area contributed by atoms with Gasteiger partial charge in [0.25, 0.3) is 0 Å². The number of hydrogen-bond acceptors (Lipinski definition) is 1. The molecule has 0 saturated carbocycles. The van der Waals surface area contributed by atoms with Gasteiger partial charge in [0, 0.05) is 13.0 Å². The van der Waals surface area contributed by atoms with E-state index in [0.29, 0.717) is 12.3 Å². The van der Waals surface area contributed by atoms with E-state index in [2.05, 4.69) is 64.2 Å². The highest BCUT2D eigenvalue weighted by molar-refractivity contribution is 5.76. The van der Waals surface area contributed by atoms with Crippen LogP contribution < -0.4 is 5.32 Å². The number of hydrogen-bond donors (Lipinski definition) is 1. The van der Waals surface area contributed by atoms with Crippen LogP contribution in [-0.2, 0) is 16.6 Å². The zero-order chi connectivity index (χ0) is 17.3. The number of carbonyl (C=O) groups excluding carboxylic acids is 1. The third-order valence-corrected chi connectivity index (χ3v) is 4.59. The van der Waals surface area contributed by atoms with Crippen LogP contribution in [0.15, 0.2) is 24.3 Å². The van der Waals surface area contributed by atoms with Crippen molar-refractivity contribution in [1.29, 1.82) is 0 Å². The molecule has 1 rings (SSSR count). The highest BCUT2D eigenvalue weighted by atomic mass is 16.1. The predicted octanol–water partition coefficient (Wildman–Crippen LogP) is 5.25. The summed E-state index contributed by atoms with van der Waals surface area (Å²) in [6.45, 7) is 11.9. The van der Waals surface area contributed by atoms with Crippen LogP contribution in [0, 0.1) is 5.92 Å². The number of aryl methyl sites for hydroxylation is 1. The maximum atomic E-state index is 12.0. The van der Waals surface area contributed by atoms with Gasteiger partial charge in [-0.15, -0.1) is 0 Å². The number of rotatable bonds is 9. The maximum Gasteiger partial charge on any atom is 0.220 e. The van der Waals surface area contributed by atoms with Crippen LogP contribution in [0.4, 0.5) is 0 Å². The van der Waals surface area contributed by atoms with E-state index in [4.69, 9.17) is 0 Å². The first-order chi connectivity index (χ1) is 10.9. The van der Waals surface area contributed by atoms with E-state index in [-0.39, 0.29) is 11.3 Å². The van der Waals surface area contributed by atoms with Gasteiger partial charge >= 0.3 is 0 Å². The molecular formula is C21H35NO. The van der Waals surface area contributed by atoms with Crippen LogP contribution in [0.5, 0.6) is 0 Å². The van der Waals surface area contributed by atoms with Crippen molar-refractivity contribution in [2.45, 2.75) is 78.6 Å². The van der Waals surface area contributed by atoms with E-state index in [0.717, 1.165) is 19.4 Å². The smallest absolute Gasteiger partial charge is 0.220 e. The molecular weight excluding hydrogens is 282 g/mol. The van der Waals surface area contributed by atoms with Gasteiger partial charge in [-0.25, -0.2) is 0 Å². The van der Waals surface area contributed by atoms with Crippen LogP contribution in [0.2, 0.25) is 0 Å². The van der Waals surface area contributed by atoms with Crippen LogP contribution in [0.25, 0.3) is 0 Å². The SMILES string of the molecule is CCCC[C@H](CC)CNC(=O)CCc1ccc(C(C)(C)C)cc1. The molecule has 0 radical (unpaired) electrons. The van der Waals surface area contributed by atoms with Crippen molar-refractivity contribution in [3.63, 3.8) is 0 Å². The molecule has 2 heteroatoms. The van der Waals surface area contributed by atoms with Crippen molar-refractivity contribution >= 4 is 5.91 Å². The fourth-order valence-corrected chi connectivity index (χ4v) is 2.72. The average Bonchev–Trinajstić information content (AvgIpc) is 2.52. The Kier molecular flexibility index (Phi) is 8.36. The van der Waals surface area contributed by atoms with Crippen LogP contribution in [0.3, 0.4) is 0 Å². The summed E-state index contributed by atoms with van der Waals surface area (Å²) in [4.78, 5) is 12.0. The van der Waals surface area contributed by atoms with Gasteiger partial charge in [-0.1, -0.05) is 78.1 Å². The van der Waals surface area contributed by atoms with Crippen molar-refractivity contribution in [2.24, 2.45) is 5.92 Å². The minimum absolute atomic E-state index is 0.180. The molecule has 2 nitrogen and oxygen atoms in total. The number of unbranched alkanes of at least 4 members (excludes halogenated alkanes) is 1. The molecule has 0 unspecified atom stereocenters. The van der Waals surface area contributed by atoms with Gasteiger partial charge in [0.05, 0.1) is 0 Å². The van der Waals surface area contributed by atoms with Crippen molar-refractivity contribution < 1.29 is 4.79 Å². The Balaban J connectivity index is 2.35. The molecule has 0 bridgehead atoms. The number of carbonyl (C=O) groups is 1. The van der Waals surface area contributed by atoms with Crippen molar-refractivity contribution in [3.05, 3.63) is 35.4 Å². The quantitative estimate of drug-likeness (QED) is 0.662. The zero-order valence-electron chi connectivity index (χ0n) is 15.7. The molecule has 0 aromatic heterocycles. The highest BCUT2D eigenvalue weighted by Gasteiger charge is 2.13. The van der Waals surface area contributed by atoms with Gasteiger partial charge in [0.1, 0.15) is 0 Å². The monoisotopic (exact) mass is 317 g/mol. The molecule has 23 heavy (non-hydrogen) atoms. The minimum Gasteiger partial charge on any atom is -0.356 e.